The molecule has 15 heavy (non-hydrogen) atoms. The van der Waals surface area contributed by atoms with Crippen molar-refractivity contribution in [2.24, 2.45) is 17.1 Å². The predicted molar refractivity (Wildman–Crippen MR) is 64.9 cm³/mol. The van der Waals surface area contributed by atoms with Gasteiger partial charge >= 0.3 is 0 Å². The lowest BCUT2D eigenvalue weighted by Gasteiger charge is -2.06. The molecule has 1 saturated carbocycles. The second-order valence-corrected chi connectivity index (χ2v) is 5.76. The maximum absolute atomic E-state index is 9.88. The quantitative estimate of drug-likeness (QED) is 0.868. The molecule has 1 aromatic carbocycles. The second kappa shape index (κ2) is 3.49. The van der Waals surface area contributed by atoms with Crippen molar-refractivity contribution in [2.75, 3.05) is 6.54 Å². The van der Waals surface area contributed by atoms with Gasteiger partial charge in [-0.25, -0.2) is 0 Å². The average molecular weight is 270 g/mol. The molecule has 0 spiro atoms. The summed E-state index contributed by atoms with van der Waals surface area (Å²) in [5.41, 5.74) is 6.98. The van der Waals surface area contributed by atoms with Crippen LogP contribution in [-0.4, -0.2) is 11.7 Å². The summed E-state index contributed by atoms with van der Waals surface area (Å²) in [5.74, 6) is 1.26. The third-order valence-corrected chi connectivity index (χ3v) is 4.13. The van der Waals surface area contributed by atoms with E-state index in [1.807, 2.05) is 12.1 Å². The van der Waals surface area contributed by atoms with Crippen LogP contribution in [0.25, 0.3) is 0 Å². The third kappa shape index (κ3) is 1.68. The summed E-state index contributed by atoms with van der Waals surface area (Å²) >= 11 is 3.34. The van der Waals surface area contributed by atoms with Crippen molar-refractivity contribution in [3.63, 3.8) is 0 Å². The topological polar surface area (TPSA) is 46.2 Å². The standard InChI is InChI=1S/C12H16BrNO/c1-12(2)9(6-14)11(12)8-4-3-7(13)5-10(8)15/h3-5,9,11,15H,6,14H2,1-2H3. The molecule has 1 fully saturated rings. The molecule has 2 nitrogen and oxygen atoms in total. The van der Waals surface area contributed by atoms with Crippen molar-refractivity contribution in [2.45, 2.75) is 19.8 Å². The van der Waals surface area contributed by atoms with Gasteiger partial charge in [0.15, 0.2) is 0 Å². The SMILES string of the molecule is CC1(C)C(CN)C1c1ccc(Br)cc1O. The van der Waals surface area contributed by atoms with E-state index in [0.29, 0.717) is 24.1 Å². The summed E-state index contributed by atoms with van der Waals surface area (Å²) in [4.78, 5) is 0. The molecule has 3 N–H and O–H groups in total. The molecule has 3 heteroatoms. The highest BCUT2D eigenvalue weighted by molar-refractivity contribution is 9.10. The first kappa shape index (κ1) is 11.0. The van der Waals surface area contributed by atoms with Gasteiger partial charge in [0.05, 0.1) is 0 Å². The number of rotatable bonds is 2. The van der Waals surface area contributed by atoms with E-state index in [-0.39, 0.29) is 5.41 Å². The molecular formula is C12H16BrNO. The van der Waals surface area contributed by atoms with Crippen molar-refractivity contribution in [3.8, 4) is 5.75 Å². The maximum atomic E-state index is 9.88. The Hall–Kier alpha value is -0.540. The molecule has 0 aliphatic heterocycles. The van der Waals surface area contributed by atoms with Gasteiger partial charge in [-0.05, 0) is 41.5 Å². The smallest absolute Gasteiger partial charge is 0.120 e. The molecule has 0 heterocycles. The normalized spacial score (nSPS) is 27.7. The number of aromatic hydroxyl groups is 1. The largest absolute Gasteiger partial charge is 0.508 e. The fourth-order valence-corrected chi connectivity index (χ4v) is 2.93. The van der Waals surface area contributed by atoms with Gasteiger partial charge in [0.1, 0.15) is 5.75 Å². The molecule has 0 bridgehead atoms. The van der Waals surface area contributed by atoms with Crippen LogP contribution in [0.5, 0.6) is 5.75 Å². The lowest BCUT2D eigenvalue weighted by molar-refractivity contribution is 0.464. The molecular weight excluding hydrogens is 254 g/mol. The van der Waals surface area contributed by atoms with Crippen molar-refractivity contribution < 1.29 is 5.11 Å². The lowest BCUT2D eigenvalue weighted by atomic mass is 10.0. The zero-order valence-electron chi connectivity index (χ0n) is 9.00. The molecule has 0 amide bonds. The number of hydrogen-bond acceptors (Lipinski definition) is 2. The summed E-state index contributed by atoms with van der Waals surface area (Å²) in [6, 6.07) is 5.70. The van der Waals surface area contributed by atoms with E-state index >= 15 is 0 Å². The predicted octanol–water partition coefficient (Wildman–Crippen LogP) is 2.85. The first-order valence-electron chi connectivity index (χ1n) is 5.17. The summed E-state index contributed by atoms with van der Waals surface area (Å²) < 4.78 is 0.909. The molecule has 1 aromatic rings. The van der Waals surface area contributed by atoms with Crippen LogP contribution in [0.15, 0.2) is 22.7 Å². The van der Waals surface area contributed by atoms with Gasteiger partial charge in [-0.3, -0.25) is 0 Å². The van der Waals surface area contributed by atoms with Gasteiger partial charge in [0, 0.05) is 4.47 Å². The number of halogens is 1. The van der Waals surface area contributed by atoms with Crippen LogP contribution in [0, 0.1) is 11.3 Å². The lowest BCUT2D eigenvalue weighted by Crippen LogP contribution is -2.05. The van der Waals surface area contributed by atoms with Gasteiger partial charge in [0.25, 0.3) is 0 Å². The Balaban J connectivity index is 2.33. The minimum absolute atomic E-state index is 0.222. The van der Waals surface area contributed by atoms with Crippen LogP contribution in [0.4, 0.5) is 0 Å². The Morgan fingerprint density at radius 2 is 2.13 bits per heavy atom. The molecule has 0 radical (unpaired) electrons. The van der Waals surface area contributed by atoms with E-state index in [1.54, 1.807) is 6.07 Å². The van der Waals surface area contributed by atoms with Gasteiger partial charge in [-0.15, -0.1) is 0 Å². The molecule has 0 saturated heterocycles. The van der Waals surface area contributed by atoms with Crippen molar-refractivity contribution in [1.82, 2.24) is 0 Å². The zero-order valence-corrected chi connectivity index (χ0v) is 10.6. The van der Waals surface area contributed by atoms with Crippen LogP contribution in [-0.2, 0) is 0 Å². The monoisotopic (exact) mass is 269 g/mol. The second-order valence-electron chi connectivity index (χ2n) is 4.84. The molecule has 2 rings (SSSR count). The Morgan fingerprint density at radius 1 is 1.47 bits per heavy atom. The van der Waals surface area contributed by atoms with Crippen LogP contribution in [0.3, 0.4) is 0 Å². The Bertz CT molecular complexity index is 389. The number of nitrogens with two attached hydrogens (primary N) is 1. The van der Waals surface area contributed by atoms with E-state index in [0.717, 1.165) is 10.0 Å². The Kier molecular flexibility index (Phi) is 2.55. The van der Waals surface area contributed by atoms with Crippen molar-refractivity contribution >= 4 is 15.9 Å². The van der Waals surface area contributed by atoms with Gasteiger partial charge in [-0.2, -0.15) is 0 Å². The fraction of sp³-hybridized carbons (Fsp3) is 0.500. The molecule has 1 aliphatic rings. The Labute approximate surface area is 98.6 Å². The van der Waals surface area contributed by atoms with E-state index in [1.165, 1.54) is 0 Å². The highest BCUT2D eigenvalue weighted by Gasteiger charge is 2.57. The van der Waals surface area contributed by atoms with Crippen molar-refractivity contribution in [3.05, 3.63) is 28.2 Å². The van der Waals surface area contributed by atoms with Gasteiger partial charge in [0.2, 0.25) is 0 Å². The fourth-order valence-electron chi connectivity index (χ4n) is 2.58. The van der Waals surface area contributed by atoms with Crippen LogP contribution < -0.4 is 5.73 Å². The Morgan fingerprint density at radius 3 is 2.60 bits per heavy atom. The molecule has 1 aliphatic carbocycles. The zero-order chi connectivity index (χ0) is 11.2. The molecule has 2 unspecified atom stereocenters. The first-order chi connectivity index (χ1) is 6.98. The molecule has 82 valence electrons. The van der Waals surface area contributed by atoms with E-state index in [2.05, 4.69) is 29.8 Å². The first-order valence-corrected chi connectivity index (χ1v) is 5.96. The van der Waals surface area contributed by atoms with Crippen LogP contribution in [0.1, 0.15) is 25.3 Å². The van der Waals surface area contributed by atoms with E-state index in [9.17, 15) is 5.11 Å². The number of hydrogen-bond donors (Lipinski definition) is 2. The summed E-state index contributed by atoms with van der Waals surface area (Å²) in [6.07, 6.45) is 0. The highest BCUT2D eigenvalue weighted by atomic mass is 79.9. The summed E-state index contributed by atoms with van der Waals surface area (Å²) in [7, 11) is 0. The highest BCUT2D eigenvalue weighted by Crippen LogP contribution is 2.65. The van der Waals surface area contributed by atoms with E-state index < -0.39 is 0 Å². The molecule has 2 atom stereocenters. The van der Waals surface area contributed by atoms with Gasteiger partial charge in [-0.1, -0.05) is 35.8 Å². The number of benzene rings is 1. The minimum atomic E-state index is 0.222. The van der Waals surface area contributed by atoms with Crippen LogP contribution >= 0.6 is 15.9 Å². The third-order valence-electron chi connectivity index (χ3n) is 3.63. The number of phenolic OH excluding ortho intramolecular Hbond substituents is 1. The average Bonchev–Trinajstić information content (AvgIpc) is 2.68. The summed E-state index contributed by atoms with van der Waals surface area (Å²) in [5, 5.41) is 9.88. The summed E-state index contributed by atoms with van der Waals surface area (Å²) in [6.45, 7) is 5.10. The minimum Gasteiger partial charge on any atom is -0.508 e. The van der Waals surface area contributed by atoms with E-state index in [4.69, 9.17) is 5.73 Å². The van der Waals surface area contributed by atoms with Crippen LogP contribution in [0.2, 0.25) is 0 Å². The van der Waals surface area contributed by atoms with Crippen molar-refractivity contribution in [1.29, 1.82) is 0 Å². The maximum Gasteiger partial charge on any atom is 0.120 e. The van der Waals surface area contributed by atoms with Gasteiger partial charge < -0.3 is 10.8 Å². The molecule has 0 aromatic heterocycles. The number of phenols is 1.